The number of aryl methyl sites for hydroxylation is 1. The number of para-hydroxylation sites is 1. The molecule has 0 unspecified atom stereocenters. The molecule has 0 bridgehead atoms. The van der Waals surface area contributed by atoms with Gasteiger partial charge in [-0.1, -0.05) is 18.2 Å². The van der Waals surface area contributed by atoms with Gasteiger partial charge in [0.05, 0.1) is 11.5 Å². The highest BCUT2D eigenvalue weighted by Crippen LogP contribution is 2.25. The van der Waals surface area contributed by atoms with E-state index in [4.69, 9.17) is 5.11 Å². The summed E-state index contributed by atoms with van der Waals surface area (Å²) < 4.78 is 1.91. The number of amides is 1. The summed E-state index contributed by atoms with van der Waals surface area (Å²) >= 11 is 0. The van der Waals surface area contributed by atoms with Crippen molar-refractivity contribution in [2.75, 3.05) is 13.1 Å². The van der Waals surface area contributed by atoms with Gasteiger partial charge in [0.25, 0.3) is 5.91 Å². The molecule has 1 aliphatic rings. The minimum atomic E-state index is -0.832. The predicted octanol–water partition coefficient (Wildman–Crippen LogP) is 1.33. The van der Waals surface area contributed by atoms with Gasteiger partial charge in [-0.05, 0) is 6.07 Å². The fourth-order valence-corrected chi connectivity index (χ4v) is 2.48. The van der Waals surface area contributed by atoms with E-state index in [1.807, 2.05) is 35.9 Å². The van der Waals surface area contributed by atoms with Crippen molar-refractivity contribution in [3.8, 4) is 0 Å². The lowest BCUT2D eigenvalue weighted by Crippen LogP contribution is -2.53. The monoisotopic (exact) mass is 258 g/mol. The standard InChI is InChI=1S/C14H14N2O3/c1-15-8-11(10-4-2-3-5-12(10)15)13(17)16-6-9(7-16)14(18)19/h2-5,8-9H,6-7H2,1H3,(H,18,19). The fraction of sp³-hybridized carbons (Fsp3) is 0.286. The van der Waals surface area contributed by atoms with Crippen LogP contribution < -0.4 is 0 Å². The van der Waals surface area contributed by atoms with E-state index < -0.39 is 11.9 Å². The average Bonchev–Trinajstić information content (AvgIpc) is 2.65. The predicted molar refractivity (Wildman–Crippen MR) is 69.9 cm³/mol. The minimum absolute atomic E-state index is 0.0886. The number of nitrogens with zero attached hydrogens (tertiary/aromatic N) is 2. The fourth-order valence-electron chi connectivity index (χ4n) is 2.48. The lowest BCUT2D eigenvalue weighted by atomic mass is 9.99. The van der Waals surface area contributed by atoms with Crippen molar-refractivity contribution in [1.82, 2.24) is 9.47 Å². The van der Waals surface area contributed by atoms with Crippen molar-refractivity contribution in [3.05, 3.63) is 36.0 Å². The van der Waals surface area contributed by atoms with Crippen molar-refractivity contribution < 1.29 is 14.7 Å². The van der Waals surface area contributed by atoms with E-state index in [0.717, 1.165) is 10.9 Å². The van der Waals surface area contributed by atoms with E-state index in [1.165, 1.54) is 0 Å². The first-order valence-corrected chi connectivity index (χ1v) is 6.14. The Morgan fingerprint density at radius 1 is 1.26 bits per heavy atom. The molecule has 98 valence electrons. The summed E-state index contributed by atoms with van der Waals surface area (Å²) in [6, 6.07) is 7.70. The maximum absolute atomic E-state index is 12.3. The Hall–Kier alpha value is -2.30. The lowest BCUT2D eigenvalue weighted by molar-refractivity contribution is -0.146. The Balaban J connectivity index is 1.89. The van der Waals surface area contributed by atoms with E-state index in [9.17, 15) is 9.59 Å². The Bertz CT molecular complexity index is 668. The number of carboxylic acids is 1. The van der Waals surface area contributed by atoms with Gasteiger partial charge >= 0.3 is 5.97 Å². The zero-order chi connectivity index (χ0) is 13.6. The zero-order valence-corrected chi connectivity index (χ0v) is 10.5. The second kappa shape index (κ2) is 4.12. The van der Waals surface area contributed by atoms with Crippen molar-refractivity contribution >= 4 is 22.8 Å². The molecular weight excluding hydrogens is 244 g/mol. The topological polar surface area (TPSA) is 62.5 Å². The molecule has 1 aromatic carbocycles. The molecule has 1 saturated heterocycles. The van der Waals surface area contributed by atoms with Crippen LogP contribution in [0.1, 0.15) is 10.4 Å². The molecular formula is C14H14N2O3. The third-order valence-corrected chi connectivity index (χ3v) is 3.65. The lowest BCUT2D eigenvalue weighted by Gasteiger charge is -2.36. The number of aromatic nitrogens is 1. The summed E-state index contributed by atoms with van der Waals surface area (Å²) in [5, 5.41) is 9.75. The molecule has 0 spiro atoms. The van der Waals surface area contributed by atoms with Crippen molar-refractivity contribution in [1.29, 1.82) is 0 Å². The summed E-state index contributed by atoms with van der Waals surface area (Å²) in [6.07, 6.45) is 1.81. The molecule has 0 atom stereocenters. The molecule has 1 fully saturated rings. The van der Waals surface area contributed by atoms with E-state index in [1.54, 1.807) is 11.1 Å². The highest BCUT2D eigenvalue weighted by Gasteiger charge is 2.36. The maximum Gasteiger partial charge on any atom is 0.310 e. The zero-order valence-electron chi connectivity index (χ0n) is 10.5. The van der Waals surface area contributed by atoms with Gasteiger partial charge in [-0.15, -0.1) is 0 Å². The van der Waals surface area contributed by atoms with Crippen LogP contribution in [0.15, 0.2) is 30.5 Å². The van der Waals surface area contributed by atoms with Gasteiger partial charge in [0.1, 0.15) is 0 Å². The molecule has 1 amide bonds. The number of hydrogen-bond acceptors (Lipinski definition) is 2. The van der Waals surface area contributed by atoms with Crippen LogP contribution in [0.2, 0.25) is 0 Å². The summed E-state index contributed by atoms with van der Waals surface area (Å²) in [4.78, 5) is 24.7. The summed E-state index contributed by atoms with van der Waals surface area (Å²) in [7, 11) is 1.90. The van der Waals surface area contributed by atoms with Crippen LogP contribution >= 0.6 is 0 Å². The molecule has 0 saturated carbocycles. The summed E-state index contributed by atoms with van der Waals surface area (Å²) in [5.41, 5.74) is 1.64. The number of fused-ring (bicyclic) bond motifs is 1. The van der Waals surface area contributed by atoms with Gasteiger partial charge in [-0.2, -0.15) is 0 Å². The number of carbonyl (C=O) groups is 2. The van der Waals surface area contributed by atoms with Crippen LogP contribution in [-0.2, 0) is 11.8 Å². The average molecular weight is 258 g/mol. The van der Waals surface area contributed by atoms with Crippen LogP contribution in [0.25, 0.3) is 10.9 Å². The molecule has 1 aliphatic heterocycles. The third kappa shape index (κ3) is 1.78. The highest BCUT2D eigenvalue weighted by molar-refractivity contribution is 6.07. The molecule has 0 radical (unpaired) electrons. The number of likely N-dealkylation sites (tertiary alicyclic amines) is 1. The number of hydrogen-bond donors (Lipinski definition) is 1. The molecule has 19 heavy (non-hydrogen) atoms. The van der Waals surface area contributed by atoms with Crippen LogP contribution in [0.5, 0.6) is 0 Å². The van der Waals surface area contributed by atoms with E-state index in [-0.39, 0.29) is 5.91 Å². The third-order valence-electron chi connectivity index (χ3n) is 3.65. The molecule has 5 nitrogen and oxygen atoms in total. The Morgan fingerprint density at radius 3 is 2.63 bits per heavy atom. The smallest absolute Gasteiger partial charge is 0.310 e. The molecule has 0 aliphatic carbocycles. The van der Waals surface area contributed by atoms with E-state index in [0.29, 0.717) is 18.7 Å². The quantitative estimate of drug-likeness (QED) is 0.884. The molecule has 5 heteroatoms. The van der Waals surface area contributed by atoms with Crippen molar-refractivity contribution in [2.24, 2.45) is 13.0 Å². The van der Waals surface area contributed by atoms with Gasteiger partial charge in [0.15, 0.2) is 0 Å². The first kappa shape index (κ1) is 11.8. The number of benzene rings is 1. The number of aliphatic carboxylic acids is 1. The summed E-state index contributed by atoms with van der Waals surface area (Å²) in [6.45, 7) is 0.606. The first-order valence-electron chi connectivity index (χ1n) is 6.14. The van der Waals surface area contributed by atoms with Crippen molar-refractivity contribution in [3.63, 3.8) is 0 Å². The van der Waals surface area contributed by atoms with Crippen LogP contribution in [-0.4, -0.2) is 39.5 Å². The van der Waals surface area contributed by atoms with Crippen molar-refractivity contribution in [2.45, 2.75) is 0 Å². The molecule has 1 N–H and O–H groups in total. The minimum Gasteiger partial charge on any atom is -0.481 e. The van der Waals surface area contributed by atoms with Crippen LogP contribution in [0.4, 0.5) is 0 Å². The normalized spacial score (nSPS) is 15.5. The van der Waals surface area contributed by atoms with Gasteiger partial charge in [0, 0.05) is 37.2 Å². The molecule has 3 rings (SSSR count). The first-order chi connectivity index (χ1) is 9.08. The van der Waals surface area contributed by atoms with Gasteiger partial charge in [-0.3, -0.25) is 9.59 Å². The molecule has 2 heterocycles. The van der Waals surface area contributed by atoms with Crippen LogP contribution in [0, 0.1) is 5.92 Å². The highest BCUT2D eigenvalue weighted by atomic mass is 16.4. The summed E-state index contributed by atoms with van der Waals surface area (Å²) in [5.74, 6) is -1.34. The Labute approximate surface area is 110 Å². The second-order valence-electron chi connectivity index (χ2n) is 4.92. The largest absolute Gasteiger partial charge is 0.481 e. The number of carboxylic acid groups (broad SMARTS) is 1. The van der Waals surface area contributed by atoms with Crippen LogP contribution in [0.3, 0.4) is 0 Å². The second-order valence-corrected chi connectivity index (χ2v) is 4.92. The SMILES string of the molecule is Cn1cc(C(=O)N2CC(C(=O)O)C2)c2ccccc21. The Morgan fingerprint density at radius 2 is 1.95 bits per heavy atom. The van der Waals surface area contributed by atoms with E-state index >= 15 is 0 Å². The molecule has 1 aromatic heterocycles. The van der Waals surface area contributed by atoms with Gasteiger partial charge in [0.2, 0.25) is 0 Å². The maximum atomic E-state index is 12.3. The Kier molecular flexibility index (Phi) is 2.55. The van der Waals surface area contributed by atoms with Gasteiger partial charge in [-0.25, -0.2) is 0 Å². The van der Waals surface area contributed by atoms with Gasteiger partial charge < -0.3 is 14.6 Å². The van der Waals surface area contributed by atoms with E-state index in [2.05, 4.69) is 0 Å². The number of carbonyl (C=O) groups excluding carboxylic acids is 1. The number of rotatable bonds is 2. The molecule has 2 aromatic rings.